The van der Waals surface area contributed by atoms with Gasteiger partial charge in [-0.05, 0) is 31.0 Å². The number of benzene rings is 1. The van der Waals surface area contributed by atoms with Crippen LogP contribution in [0.15, 0.2) is 24.3 Å². The molecule has 3 rings (SSSR count). The molecule has 8 nitrogen and oxygen atoms in total. The van der Waals surface area contributed by atoms with E-state index in [-0.39, 0.29) is 31.1 Å². The first kappa shape index (κ1) is 17.2. The van der Waals surface area contributed by atoms with Crippen LogP contribution in [0.5, 0.6) is 0 Å². The maximum atomic E-state index is 12.7. The third-order valence-corrected chi connectivity index (χ3v) is 4.42. The summed E-state index contributed by atoms with van der Waals surface area (Å²) in [6.45, 7) is 0.228. The number of carboxylic acids is 1. The zero-order chi connectivity index (χ0) is 18.0. The Morgan fingerprint density at radius 1 is 1.28 bits per heavy atom. The van der Waals surface area contributed by atoms with Gasteiger partial charge in [-0.2, -0.15) is 0 Å². The van der Waals surface area contributed by atoms with Gasteiger partial charge < -0.3 is 25.4 Å². The first-order chi connectivity index (χ1) is 12.0. The molecular weight excluding hydrogens is 326 g/mol. The van der Waals surface area contributed by atoms with Crippen LogP contribution in [0.3, 0.4) is 0 Å². The summed E-state index contributed by atoms with van der Waals surface area (Å²) in [5, 5.41) is 14.8. The highest BCUT2D eigenvalue weighted by atomic mass is 16.5. The van der Waals surface area contributed by atoms with Gasteiger partial charge in [-0.25, -0.2) is 9.59 Å². The Labute approximate surface area is 145 Å². The third kappa shape index (κ3) is 4.08. The van der Waals surface area contributed by atoms with Crippen LogP contribution in [0.1, 0.15) is 29.6 Å². The monoisotopic (exact) mass is 347 g/mol. The topological polar surface area (TPSA) is 108 Å². The lowest BCUT2D eigenvalue weighted by Crippen LogP contribution is -2.40. The number of carbonyl (C=O) groups is 3. The van der Waals surface area contributed by atoms with Crippen LogP contribution >= 0.6 is 0 Å². The minimum absolute atomic E-state index is 0.228. The quantitative estimate of drug-likeness (QED) is 0.744. The predicted molar refractivity (Wildman–Crippen MR) is 89.5 cm³/mol. The average Bonchev–Trinajstić information content (AvgIpc) is 3.28. The number of aliphatic carboxylic acids is 1. The highest BCUT2D eigenvalue weighted by Crippen LogP contribution is 2.24. The average molecular weight is 347 g/mol. The van der Waals surface area contributed by atoms with Gasteiger partial charge in [0.1, 0.15) is 6.04 Å². The molecule has 1 saturated heterocycles. The van der Waals surface area contributed by atoms with E-state index >= 15 is 0 Å². The van der Waals surface area contributed by atoms with Gasteiger partial charge in [-0.15, -0.1) is 0 Å². The summed E-state index contributed by atoms with van der Waals surface area (Å²) >= 11 is 0. The van der Waals surface area contributed by atoms with Crippen molar-refractivity contribution in [2.75, 3.05) is 19.0 Å². The molecule has 1 heterocycles. The number of carbonyl (C=O) groups excluding carboxylic acids is 2. The molecule has 1 aliphatic carbocycles. The number of rotatable bonds is 5. The molecule has 8 heteroatoms. The molecule has 2 atom stereocenters. The molecule has 2 unspecified atom stereocenters. The summed E-state index contributed by atoms with van der Waals surface area (Å²) in [6.07, 6.45) is 1.94. The van der Waals surface area contributed by atoms with Crippen LogP contribution < -0.4 is 10.6 Å². The smallest absolute Gasteiger partial charge is 0.326 e. The van der Waals surface area contributed by atoms with Crippen molar-refractivity contribution in [3.8, 4) is 0 Å². The Morgan fingerprint density at radius 2 is 2.04 bits per heavy atom. The summed E-state index contributed by atoms with van der Waals surface area (Å²) in [7, 11) is 1.50. The zero-order valence-electron chi connectivity index (χ0n) is 13.9. The van der Waals surface area contributed by atoms with E-state index in [1.54, 1.807) is 24.3 Å². The number of methoxy groups -OCH3 is 1. The molecule has 25 heavy (non-hydrogen) atoms. The Kier molecular flexibility index (Phi) is 4.89. The molecule has 2 fully saturated rings. The van der Waals surface area contributed by atoms with Gasteiger partial charge in [-0.3, -0.25) is 4.79 Å². The second-order valence-corrected chi connectivity index (χ2v) is 6.36. The van der Waals surface area contributed by atoms with Crippen LogP contribution in [0, 0.1) is 0 Å². The van der Waals surface area contributed by atoms with E-state index in [1.165, 1.54) is 12.0 Å². The molecule has 0 aromatic heterocycles. The molecule has 0 spiro atoms. The van der Waals surface area contributed by atoms with Crippen LogP contribution in [-0.4, -0.2) is 59.8 Å². The van der Waals surface area contributed by atoms with Gasteiger partial charge in [0.2, 0.25) is 0 Å². The Morgan fingerprint density at radius 3 is 2.68 bits per heavy atom. The lowest BCUT2D eigenvalue weighted by molar-refractivity contribution is -0.141. The predicted octanol–water partition coefficient (Wildman–Crippen LogP) is 1.28. The molecule has 1 aliphatic heterocycles. The maximum Gasteiger partial charge on any atom is 0.326 e. The van der Waals surface area contributed by atoms with E-state index in [4.69, 9.17) is 4.74 Å². The second-order valence-electron chi connectivity index (χ2n) is 6.36. The van der Waals surface area contributed by atoms with Crippen molar-refractivity contribution >= 4 is 23.6 Å². The lowest BCUT2D eigenvalue weighted by Gasteiger charge is -2.21. The van der Waals surface area contributed by atoms with Crippen LogP contribution in [0.2, 0.25) is 0 Å². The van der Waals surface area contributed by atoms with Crippen molar-refractivity contribution in [2.45, 2.75) is 37.5 Å². The molecule has 3 N–H and O–H groups in total. The molecule has 1 aromatic rings. The number of anilines is 1. The lowest BCUT2D eigenvalue weighted by atomic mass is 10.1. The van der Waals surface area contributed by atoms with Gasteiger partial charge in [0.15, 0.2) is 0 Å². The van der Waals surface area contributed by atoms with Gasteiger partial charge >= 0.3 is 12.0 Å². The normalized spacial score (nSPS) is 22.5. The van der Waals surface area contributed by atoms with Crippen molar-refractivity contribution in [3.63, 3.8) is 0 Å². The fraction of sp³-hybridized carbons (Fsp3) is 0.471. The summed E-state index contributed by atoms with van der Waals surface area (Å²) in [6, 6.07) is 5.50. The first-order valence-electron chi connectivity index (χ1n) is 8.22. The van der Waals surface area contributed by atoms with Crippen molar-refractivity contribution in [2.24, 2.45) is 0 Å². The van der Waals surface area contributed by atoms with Crippen LogP contribution in [0.4, 0.5) is 10.5 Å². The number of carboxylic acid groups (broad SMARTS) is 1. The number of hydrogen-bond acceptors (Lipinski definition) is 4. The van der Waals surface area contributed by atoms with Gasteiger partial charge in [0, 0.05) is 37.4 Å². The van der Waals surface area contributed by atoms with Crippen molar-refractivity contribution < 1.29 is 24.2 Å². The molecule has 134 valence electrons. The van der Waals surface area contributed by atoms with Gasteiger partial charge in [0.25, 0.3) is 5.91 Å². The molecule has 1 saturated carbocycles. The van der Waals surface area contributed by atoms with E-state index in [0.29, 0.717) is 11.3 Å². The van der Waals surface area contributed by atoms with E-state index in [9.17, 15) is 19.5 Å². The summed E-state index contributed by atoms with van der Waals surface area (Å²) < 4.78 is 5.20. The molecule has 0 bridgehead atoms. The van der Waals surface area contributed by atoms with Gasteiger partial charge in [-0.1, -0.05) is 6.07 Å². The number of ether oxygens (including phenoxy) is 1. The third-order valence-electron chi connectivity index (χ3n) is 4.42. The second kappa shape index (κ2) is 7.10. The SMILES string of the molecule is COC1CC(C(=O)O)N(C(=O)c2cccc(NC(=O)NC3CC3)c2)C1. The van der Waals surface area contributed by atoms with Crippen LogP contribution in [-0.2, 0) is 9.53 Å². The Balaban J connectivity index is 1.71. The maximum absolute atomic E-state index is 12.7. The number of urea groups is 1. The molecule has 1 aromatic carbocycles. The summed E-state index contributed by atoms with van der Waals surface area (Å²) in [4.78, 5) is 37.3. The highest BCUT2D eigenvalue weighted by molar-refractivity contribution is 5.99. The van der Waals surface area contributed by atoms with E-state index in [2.05, 4.69) is 10.6 Å². The molecular formula is C17H21N3O5. The fourth-order valence-corrected chi connectivity index (χ4v) is 2.90. The largest absolute Gasteiger partial charge is 0.480 e. The van der Waals surface area contributed by atoms with E-state index in [0.717, 1.165) is 12.8 Å². The summed E-state index contributed by atoms with van der Waals surface area (Å²) in [5.74, 6) is -1.44. The van der Waals surface area contributed by atoms with E-state index in [1.807, 2.05) is 0 Å². The van der Waals surface area contributed by atoms with Gasteiger partial charge in [0.05, 0.1) is 6.10 Å². The Hall–Kier alpha value is -2.61. The minimum atomic E-state index is -1.05. The highest BCUT2D eigenvalue weighted by Gasteiger charge is 2.40. The van der Waals surface area contributed by atoms with Crippen molar-refractivity contribution in [1.82, 2.24) is 10.2 Å². The number of nitrogens with one attached hydrogen (secondary N) is 2. The number of likely N-dealkylation sites (tertiary alicyclic amines) is 1. The van der Waals surface area contributed by atoms with Crippen molar-refractivity contribution in [3.05, 3.63) is 29.8 Å². The van der Waals surface area contributed by atoms with Crippen LogP contribution in [0.25, 0.3) is 0 Å². The Bertz CT molecular complexity index is 689. The molecule has 0 radical (unpaired) electrons. The minimum Gasteiger partial charge on any atom is -0.480 e. The molecule has 2 aliphatic rings. The number of hydrogen-bond donors (Lipinski definition) is 3. The molecule has 3 amide bonds. The first-order valence-corrected chi connectivity index (χ1v) is 8.22. The van der Waals surface area contributed by atoms with Crippen molar-refractivity contribution in [1.29, 1.82) is 0 Å². The number of nitrogens with zero attached hydrogens (tertiary/aromatic N) is 1. The number of amides is 3. The van der Waals surface area contributed by atoms with E-state index < -0.39 is 17.9 Å². The fourth-order valence-electron chi connectivity index (χ4n) is 2.90. The zero-order valence-corrected chi connectivity index (χ0v) is 13.9. The summed E-state index contributed by atoms with van der Waals surface area (Å²) in [5.41, 5.74) is 0.811. The standard InChI is InChI=1S/C17H21N3O5/c1-25-13-8-14(16(22)23)20(9-13)15(21)10-3-2-4-12(7-10)19-17(24)18-11-5-6-11/h2-4,7,11,13-14H,5-6,8-9H2,1H3,(H,22,23)(H2,18,19,24).